The van der Waals surface area contributed by atoms with Gasteiger partial charge in [0.25, 0.3) is 0 Å². The first-order valence-electron chi connectivity index (χ1n) is 8.09. The molecule has 5 heteroatoms. The lowest BCUT2D eigenvalue weighted by atomic mass is 10.1. The molecule has 0 saturated heterocycles. The maximum Gasteiger partial charge on any atom is 0.326 e. The van der Waals surface area contributed by atoms with Crippen LogP contribution >= 0.6 is 11.6 Å². The molecular formula is C19H21ClN2O2. The van der Waals surface area contributed by atoms with Crippen LogP contribution in [-0.4, -0.2) is 19.2 Å². The van der Waals surface area contributed by atoms with E-state index in [1.807, 2.05) is 36.4 Å². The Bertz CT molecular complexity index is 714. The van der Waals surface area contributed by atoms with Crippen LogP contribution in [0.3, 0.4) is 0 Å². The number of methoxy groups -OCH3 is 1. The molecule has 1 atom stereocenters. The van der Waals surface area contributed by atoms with Crippen molar-refractivity contribution >= 4 is 29.0 Å². The highest BCUT2D eigenvalue weighted by Gasteiger charge is 2.35. The molecule has 3 rings (SSSR count). The fourth-order valence-corrected chi connectivity index (χ4v) is 2.99. The van der Waals surface area contributed by atoms with E-state index in [9.17, 15) is 4.79 Å². The number of hydrogen-bond donors (Lipinski definition) is 1. The molecule has 1 fully saturated rings. The van der Waals surface area contributed by atoms with Crippen molar-refractivity contribution in [3.63, 3.8) is 0 Å². The van der Waals surface area contributed by atoms with Gasteiger partial charge in [0.15, 0.2) is 0 Å². The van der Waals surface area contributed by atoms with Gasteiger partial charge >= 0.3 is 6.03 Å². The highest BCUT2D eigenvalue weighted by atomic mass is 35.5. The standard InChI is InChI=1S/C19H21ClN2O2/c1-13(14-7-8-14)22(15-9-11-16(24-2)12-10-15)19(23)21-18-6-4-3-5-17(18)20/h3-6,9-14H,7-8H2,1-2H3,(H,21,23)/t13-/m0/s1. The monoisotopic (exact) mass is 344 g/mol. The number of para-hydroxylation sites is 1. The van der Waals surface area contributed by atoms with E-state index in [0.717, 1.165) is 24.3 Å². The van der Waals surface area contributed by atoms with Gasteiger partial charge in [-0.15, -0.1) is 0 Å². The molecule has 1 aliphatic carbocycles. The zero-order valence-electron chi connectivity index (χ0n) is 13.8. The van der Waals surface area contributed by atoms with Gasteiger partial charge < -0.3 is 10.1 Å². The number of carbonyl (C=O) groups excluding carboxylic acids is 1. The van der Waals surface area contributed by atoms with E-state index in [0.29, 0.717) is 16.6 Å². The van der Waals surface area contributed by atoms with Gasteiger partial charge in [0.1, 0.15) is 5.75 Å². The van der Waals surface area contributed by atoms with Gasteiger partial charge in [-0.05, 0) is 62.1 Å². The Hall–Kier alpha value is -2.20. The van der Waals surface area contributed by atoms with Gasteiger partial charge in [-0.1, -0.05) is 23.7 Å². The summed E-state index contributed by atoms with van der Waals surface area (Å²) >= 11 is 6.16. The first kappa shape index (κ1) is 16.7. The maximum atomic E-state index is 12.9. The van der Waals surface area contributed by atoms with Gasteiger partial charge in [0, 0.05) is 11.7 Å². The Morgan fingerprint density at radius 1 is 1.21 bits per heavy atom. The average molecular weight is 345 g/mol. The zero-order chi connectivity index (χ0) is 17.1. The molecule has 0 bridgehead atoms. The van der Waals surface area contributed by atoms with E-state index in [2.05, 4.69) is 12.2 Å². The molecule has 0 radical (unpaired) electrons. The molecule has 0 aromatic heterocycles. The third kappa shape index (κ3) is 3.65. The van der Waals surface area contributed by atoms with E-state index in [-0.39, 0.29) is 12.1 Å². The summed E-state index contributed by atoms with van der Waals surface area (Å²) in [5.41, 5.74) is 1.46. The number of halogens is 1. The van der Waals surface area contributed by atoms with Gasteiger partial charge in [0.2, 0.25) is 0 Å². The van der Waals surface area contributed by atoms with E-state index in [4.69, 9.17) is 16.3 Å². The lowest BCUT2D eigenvalue weighted by Gasteiger charge is -2.30. The molecule has 2 aromatic rings. The molecule has 24 heavy (non-hydrogen) atoms. The van der Waals surface area contributed by atoms with Crippen LogP contribution in [0, 0.1) is 5.92 Å². The average Bonchev–Trinajstić information content (AvgIpc) is 3.43. The minimum absolute atomic E-state index is 0.126. The molecule has 1 aliphatic rings. The Kier molecular flexibility index (Phi) is 4.95. The van der Waals surface area contributed by atoms with Crippen LogP contribution in [0.4, 0.5) is 16.2 Å². The van der Waals surface area contributed by atoms with Gasteiger partial charge in [-0.25, -0.2) is 4.79 Å². The molecule has 2 amide bonds. The normalized spacial score (nSPS) is 14.8. The summed E-state index contributed by atoms with van der Waals surface area (Å²) in [6.45, 7) is 2.09. The number of carbonyl (C=O) groups is 1. The molecule has 0 spiro atoms. The summed E-state index contributed by atoms with van der Waals surface area (Å²) in [5, 5.41) is 3.45. The van der Waals surface area contributed by atoms with Crippen molar-refractivity contribution in [3.05, 3.63) is 53.6 Å². The van der Waals surface area contributed by atoms with Crippen molar-refractivity contribution in [2.24, 2.45) is 5.92 Å². The Morgan fingerprint density at radius 3 is 2.46 bits per heavy atom. The summed E-state index contributed by atoms with van der Waals surface area (Å²) in [6.07, 6.45) is 2.32. The van der Waals surface area contributed by atoms with E-state index < -0.39 is 0 Å². The first-order chi connectivity index (χ1) is 11.6. The van der Waals surface area contributed by atoms with Crippen molar-refractivity contribution in [1.29, 1.82) is 0 Å². The van der Waals surface area contributed by atoms with Crippen molar-refractivity contribution in [2.75, 3.05) is 17.3 Å². The predicted molar refractivity (Wildman–Crippen MR) is 98.1 cm³/mol. The van der Waals surface area contributed by atoms with Crippen molar-refractivity contribution in [3.8, 4) is 5.75 Å². The predicted octanol–water partition coefficient (Wildman–Crippen LogP) is 5.19. The lowest BCUT2D eigenvalue weighted by Crippen LogP contribution is -2.42. The Balaban J connectivity index is 1.86. The number of rotatable bonds is 5. The summed E-state index contributed by atoms with van der Waals surface area (Å²) in [7, 11) is 1.63. The minimum atomic E-state index is -0.173. The largest absolute Gasteiger partial charge is 0.497 e. The van der Waals surface area contributed by atoms with Crippen LogP contribution in [-0.2, 0) is 0 Å². The van der Waals surface area contributed by atoms with E-state index >= 15 is 0 Å². The number of amides is 2. The molecule has 0 aliphatic heterocycles. The van der Waals surface area contributed by atoms with Crippen LogP contribution in [0.25, 0.3) is 0 Å². The molecule has 126 valence electrons. The van der Waals surface area contributed by atoms with Crippen molar-refractivity contribution in [1.82, 2.24) is 0 Å². The fourth-order valence-electron chi connectivity index (χ4n) is 2.81. The number of nitrogens with zero attached hydrogens (tertiary/aromatic N) is 1. The molecule has 0 heterocycles. The zero-order valence-corrected chi connectivity index (χ0v) is 14.6. The number of benzene rings is 2. The van der Waals surface area contributed by atoms with Crippen LogP contribution in [0.1, 0.15) is 19.8 Å². The maximum absolute atomic E-state index is 12.9. The summed E-state index contributed by atoms with van der Waals surface area (Å²) in [5.74, 6) is 1.31. The molecule has 2 aromatic carbocycles. The van der Waals surface area contributed by atoms with E-state index in [1.165, 1.54) is 0 Å². The Labute approximate surface area is 147 Å². The molecule has 4 nitrogen and oxygen atoms in total. The fraction of sp³-hybridized carbons (Fsp3) is 0.316. The summed E-state index contributed by atoms with van der Waals surface area (Å²) in [4.78, 5) is 14.7. The second kappa shape index (κ2) is 7.14. The van der Waals surface area contributed by atoms with E-state index in [1.54, 1.807) is 24.1 Å². The smallest absolute Gasteiger partial charge is 0.326 e. The van der Waals surface area contributed by atoms with Crippen LogP contribution in [0.2, 0.25) is 5.02 Å². The minimum Gasteiger partial charge on any atom is -0.497 e. The summed E-state index contributed by atoms with van der Waals surface area (Å²) in [6, 6.07) is 14.8. The second-order valence-electron chi connectivity index (χ2n) is 6.06. The summed E-state index contributed by atoms with van der Waals surface area (Å²) < 4.78 is 5.20. The molecule has 1 N–H and O–H groups in total. The number of anilines is 2. The molecule has 0 unspecified atom stereocenters. The molecule has 1 saturated carbocycles. The van der Waals surface area contributed by atoms with Crippen LogP contribution < -0.4 is 15.0 Å². The third-order valence-electron chi connectivity index (χ3n) is 4.40. The Morgan fingerprint density at radius 2 is 1.88 bits per heavy atom. The number of hydrogen-bond acceptors (Lipinski definition) is 2. The van der Waals surface area contributed by atoms with Gasteiger partial charge in [-0.2, -0.15) is 0 Å². The third-order valence-corrected chi connectivity index (χ3v) is 4.73. The number of nitrogens with one attached hydrogen (secondary N) is 1. The quantitative estimate of drug-likeness (QED) is 0.811. The molecular weight excluding hydrogens is 324 g/mol. The van der Waals surface area contributed by atoms with Crippen molar-refractivity contribution in [2.45, 2.75) is 25.8 Å². The SMILES string of the molecule is COc1ccc(N(C(=O)Nc2ccccc2Cl)[C@@H](C)C2CC2)cc1. The van der Waals surface area contributed by atoms with Crippen LogP contribution in [0.5, 0.6) is 5.75 Å². The van der Waals surface area contributed by atoms with Gasteiger partial charge in [-0.3, -0.25) is 4.90 Å². The number of urea groups is 1. The second-order valence-corrected chi connectivity index (χ2v) is 6.46. The highest BCUT2D eigenvalue weighted by molar-refractivity contribution is 6.33. The lowest BCUT2D eigenvalue weighted by molar-refractivity contribution is 0.254. The first-order valence-corrected chi connectivity index (χ1v) is 8.46. The van der Waals surface area contributed by atoms with Gasteiger partial charge in [0.05, 0.1) is 17.8 Å². The number of ether oxygens (including phenoxy) is 1. The van der Waals surface area contributed by atoms with Crippen molar-refractivity contribution < 1.29 is 9.53 Å². The topological polar surface area (TPSA) is 41.6 Å². The van der Waals surface area contributed by atoms with Crippen LogP contribution in [0.15, 0.2) is 48.5 Å². The highest BCUT2D eigenvalue weighted by Crippen LogP contribution is 2.37.